The van der Waals surface area contributed by atoms with Gasteiger partial charge >= 0.3 is 5.97 Å². The minimum atomic E-state index is -0.507. The summed E-state index contributed by atoms with van der Waals surface area (Å²) in [6.07, 6.45) is 0. The molecule has 1 unspecified atom stereocenters. The van der Waals surface area contributed by atoms with Crippen LogP contribution in [0.2, 0.25) is 0 Å². The third-order valence-electron chi connectivity index (χ3n) is 6.57. The van der Waals surface area contributed by atoms with Crippen LogP contribution in [-0.4, -0.2) is 65.9 Å². The van der Waals surface area contributed by atoms with Crippen molar-refractivity contribution in [3.63, 3.8) is 0 Å². The summed E-state index contributed by atoms with van der Waals surface area (Å²) in [5.74, 6) is -0.180. The van der Waals surface area contributed by atoms with Crippen LogP contribution in [0.1, 0.15) is 28.9 Å². The van der Waals surface area contributed by atoms with Crippen LogP contribution in [0.4, 0.5) is 5.69 Å². The Morgan fingerprint density at radius 3 is 2.42 bits per heavy atom. The summed E-state index contributed by atoms with van der Waals surface area (Å²) in [5, 5.41) is 2.74. The predicted octanol–water partition coefficient (Wildman–Crippen LogP) is 4.13. The van der Waals surface area contributed by atoms with Crippen LogP contribution in [0, 0.1) is 0 Å². The van der Waals surface area contributed by atoms with Crippen molar-refractivity contribution in [1.29, 1.82) is 0 Å². The molecule has 1 N–H and O–H groups in total. The number of ether oxygens (including phenoxy) is 1. The second kappa shape index (κ2) is 10.9. The van der Waals surface area contributed by atoms with Crippen LogP contribution in [0.5, 0.6) is 0 Å². The second-order valence-corrected chi connectivity index (χ2v) is 9.13. The number of methoxy groups -OCH3 is 1. The number of rotatable bonds is 6. The Kier molecular flexibility index (Phi) is 7.19. The summed E-state index contributed by atoms with van der Waals surface area (Å²) in [7, 11) is 1.39. The first-order valence-corrected chi connectivity index (χ1v) is 12.4. The SMILES string of the molecule is COC(=O)C(c1ccccc1)N1CCN(C(=O)c2cccc(-c3nc4cc(NC(C)=O)ccc4o3)c2)CC1. The van der Waals surface area contributed by atoms with Crippen LogP contribution >= 0.6 is 0 Å². The summed E-state index contributed by atoms with van der Waals surface area (Å²) in [5.41, 5.74) is 3.91. The maximum atomic E-state index is 13.4. The van der Waals surface area contributed by atoms with Gasteiger partial charge in [0, 0.05) is 49.9 Å². The van der Waals surface area contributed by atoms with Crippen LogP contribution in [0.25, 0.3) is 22.6 Å². The number of carbonyl (C=O) groups is 3. The molecule has 1 fully saturated rings. The third kappa shape index (κ3) is 5.28. The molecule has 5 rings (SSSR count). The molecule has 38 heavy (non-hydrogen) atoms. The molecule has 9 heteroatoms. The van der Waals surface area contributed by atoms with E-state index in [-0.39, 0.29) is 17.8 Å². The van der Waals surface area contributed by atoms with Crippen molar-refractivity contribution in [2.24, 2.45) is 0 Å². The van der Waals surface area contributed by atoms with Crippen molar-refractivity contribution in [1.82, 2.24) is 14.8 Å². The van der Waals surface area contributed by atoms with Crippen LogP contribution in [0.3, 0.4) is 0 Å². The van der Waals surface area contributed by atoms with Gasteiger partial charge in [-0.05, 0) is 42.0 Å². The molecule has 194 valence electrons. The number of carbonyl (C=O) groups excluding carboxylic acids is 3. The molecule has 2 heterocycles. The molecule has 1 atom stereocenters. The summed E-state index contributed by atoms with van der Waals surface area (Å²) in [6.45, 7) is 3.50. The lowest BCUT2D eigenvalue weighted by molar-refractivity contribution is -0.148. The van der Waals surface area contributed by atoms with Gasteiger partial charge in [-0.3, -0.25) is 14.5 Å². The number of anilines is 1. The van der Waals surface area contributed by atoms with E-state index in [9.17, 15) is 14.4 Å². The smallest absolute Gasteiger partial charge is 0.327 e. The van der Waals surface area contributed by atoms with Gasteiger partial charge in [-0.1, -0.05) is 36.4 Å². The largest absolute Gasteiger partial charge is 0.468 e. The molecule has 0 spiro atoms. The number of benzene rings is 3. The van der Waals surface area contributed by atoms with E-state index in [0.29, 0.717) is 60.0 Å². The summed E-state index contributed by atoms with van der Waals surface area (Å²) >= 11 is 0. The first-order chi connectivity index (χ1) is 18.4. The molecule has 0 saturated carbocycles. The van der Waals surface area contributed by atoms with Gasteiger partial charge in [-0.25, -0.2) is 9.78 Å². The fourth-order valence-corrected chi connectivity index (χ4v) is 4.73. The third-order valence-corrected chi connectivity index (χ3v) is 6.57. The van der Waals surface area contributed by atoms with Crippen LogP contribution < -0.4 is 5.32 Å². The van der Waals surface area contributed by atoms with E-state index in [1.54, 1.807) is 41.3 Å². The Morgan fingerprint density at radius 1 is 0.947 bits per heavy atom. The molecule has 4 aromatic rings. The fraction of sp³-hybridized carbons (Fsp3) is 0.241. The Hall–Kier alpha value is -4.50. The number of hydrogen-bond acceptors (Lipinski definition) is 7. The average Bonchev–Trinajstić information content (AvgIpc) is 3.37. The molecular weight excluding hydrogens is 484 g/mol. The summed E-state index contributed by atoms with van der Waals surface area (Å²) in [6, 6.07) is 21.5. The molecule has 3 aromatic carbocycles. The summed E-state index contributed by atoms with van der Waals surface area (Å²) in [4.78, 5) is 45.7. The van der Waals surface area contributed by atoms with Crippen molar-refractivity contribution in [2.75, 3.05) is 38.6 Å². The Morgan fingerprint density at radius 2 is 1.71 bits per heavy atom. The first-order valence-electron chi connectivity index (χ1n) is 12.4. The van der Waals surface area contributed by atoms with E-state index < -0.39 is 6.04 Å². The van der Waals surface area contributed by atoms with Gasteiger partial charge in [-0.15, -0.1) is 0 Å². The number of hydrogen-bond donors (Lipinski definition) is 1. The normalized spacial score (nSPS) is 14.7. The Balaban J connectivity index is 1.30. The molecule has 1 aliphatic rings. The quantitative estimate of drug-likeness (QED) is 0.388. The Bertz CT molecular complexity index is 1470. The molecule has 9 nitrogen and oxygen atoms in total. The minimum Gasteiger partial charge on any atom is -0.468 e. The summed E-state index contributed by atoms with van der Waals surface area (Å²) < 4.78 is 11.0. The van der Waals surface area contributed by atoms with Crippen molar-refractivity contribution >= 4 is 34.6 Å². The van der Waals surface area contributed by atoms with Gasteiger partial charge in [-0.2, -0.15) is 0 Å². The van der Waals surface area contributed by atoms with Crippen molar-refractivity contribution in [3.05, 3.63) is 83.9 Å². The molecule has 0 bridgehead atoms. The highest BCUT2D eigenvalue weighted by Crippen LogP contribution is 2.28. The molecule has 2 amide bonds. The number of nitrogens with one attached hydrogen (secondary N) is 1. The second-order valence-electron chi connectivity index (χ2n) is 9.13. The lowest BCUT2D eigenvalue weighted by Crippen LogP contribution is -2.51. The lowest BCUT2D eigenvalue weighted by atomic mass is 10.0. The standard InChI is InChI=1S/C29H28N4O5/c1-19(34)30-23-11-12-25-24(18-23)31-27(38-25)21-9-6-10-22(17-21)28(35)33-15-13-32(14-16-33)26(29(36)37-2)20-7-4-3-5-8-20/h3-12,17-18,26H,13-16H2,1-2H3,(H,30,34). The van der Waals surface area contributed by atoms with Crippen LogP contribution in [0.15, 0.2) is 77.2 Å². The molecule has 1 aromatic heterocycles. The highest BCUT2D eigenvalue weighted by molar-refractivity contribution is 5.95. The number of fused-ring (bicyclic) bond motifs is 1. The number of oxazole rings is 1. The number of esters is 1. The molecule has 0 aliphatic carbocycles. The van der Waals surface area contributed by atoms with Crippen LogP contribution in [-0.2, 0) is 14.3 Å². The maximum Gasteiger partial charge on any atom is 0.327 e. The highest BCUT2D eigenvalue weighted by atomic mass is 16.5. The zero-order valence-electron chi connectivity index (χ0n) is 21.2. The van der Waals surface area contributed by atoms with Crippen molar-refractivity contribution < 1.29 is 23.5 Å². The van der Waals surface area contributed by atoms with Crippen molar-refractivity contribution in [3.8, 4) is 11.5 Å². The maximum absolute atomic E-state index is 13.4. The highest BCUT2D eigenvalue weighted by Gasteiger charge is 2.32. The van der Waals surface area contributed by atoms with Gasteiger partial charge in [0.25, 0.3) is 5.91 Å². The van der Waals surface area contributed by atoms with E-state index in [1.165, 1.54) is 14.0 Å². The minimum absolute atomic E-state index is 0.0927. The van der Waals surface area contributed by atoms with E-state index in [1.807, 2.05) is 36.4 Å². The molecule has 1 aliphatic heterocycles. The first kappa shape index (κ1) is 25.2. The Labute approximate surface area is 220 Å². The molecule has 0 radical (unpaired) electrons. The van der Waals surface area contributed by atoms with Gasteiger partial charge < -0.3 is 19.4 Å². The lowest BCUT2D eigenvalue weighted by Gasteiger charge is -2.38. The van der Waals surface area contributed by atoms with Crippen molar-refractivity contribution in [2.45, 2.75) is 13.0 Å². The van der Waals surface area contributed by atoms with Gasteiger partial charge in [0.1, 0.15) is 11.6 Å². The van der Waals surface area contributed by atoms with E-state index in [4.69, 9.17) is 9.15 Å². The van der Waals surface area contributed by atoms with Gasteiger partial charge in [0.15, 0.2) is 5.58 Å². The monoisotopic (exact) mass is 512 g/mol. The van der Waals surface area contributed by atoms with Gasteiger partial charge in [0.2, 0.25) is 11.8 Å². The fourth-order valence-electron chi connectivity index (χ4n) is 4.73. The van der Waals surface area contributed by atoms with E-state index in [0.717, 1.165) is 5.56 Å². The number of nitrogens with zero attached hydrogens (tertiary/aromatic N) is 3. The number of amides is 2. The van der Waals surface area contributed by atoms with E-state index >= 15 is 0 Å². The number of piperazine rings is 1. The number of aromatic nitrogens is 1. The van der Waals surface area contributed by atoms with Gasteiger partial charge in [0.05, 0.1) is 7.11 Å². The average molecular weight is 513 g/mol. The van der Waals surface area contributed by atoms with E-state index in [2.05, 4.69) is 15.2 Å². The predicted molar refractivity (Wildman–Crippen MR) is 142 cm³/mol. The topological polar surface area (TPSA) is 105 Å². The zero-order chi connectivity index (χ0) is 26.6. The zero-order valence-corrected chi connectivity index (χ0v) is 21.2. The molecule has 1 saturated heterocycles. The molecular formula is C29H28N4O5.